The van der Waals surface area contributed by atoms with Crippen molar-refractivity contribution in [2.75, 3.05) is 0 Å². The predicted molar refractivity (Wildman–Crippen MR) is 69.3 cm³/mol. The maximum Gasteiger partial charge on any atom is 0.186 e. The summed E-state index contributed by atoms with van der Waals surface area (Å²) < 4.78 is 0. The smallest absolute Gasteiger partial charge is 0.186 e. The molecule has 0 heterocycles. The Balaban J connectivity index is 2.30. The van der Waals surface area contributed by atoms with E-state index < -0.39 is 0 Å². The van der Waals surface area contributed by atoms with Crippen molar-refractivity contribution in [3.63, 3.8) is 0 Å². The monoisotopic (exact) mass is 220 g/mol. The van der Waals surface area contributed by atoms with E-state index in [4.69, 9.17) is 0 Å². The van der Waals surface area contributed by atoms with E-state index in [1.54, 1.807) is 6.08 Å². The number of aryl methyl sites for hydroxylation is 2. The zero-order valence-corrected chi connectivity index (χ0v) is 9.71. The fourth-order valence-electron chi connectivity index (χ4n) is 3.22. The van der Waals surface area contributed by atoms with Crippen molar-refractivity contribution in [1.29, 1.82) is 0 Å². The van der Waals surface area contributed by atoms with Gasteiger partial charge in [0, 0.05) is 10.9 Å². The summed E-state index contributed by atoms with van der Waals surface area (Å²) in [5, 5.41) is 2.54. The van der Waals surface area contributed by atoms with Gasteiger partial charge in [0.15, 0.2) is 5.78 Å². The lowest BCUT2D eigenvalue weighted by Gasteiger charge is -2.16. The van der Waals surface area contributed by atoms with Crippen LogP contribution in [-0.4, -0.2) is 5.78 Å². The van der Waals surface area contributed by atoms with Crippen LogP contribution in [0.2, 0.25) is 0 Å². The first-order valence-corrected chi connectivity index (χ1v) is 6.06. The topological polar surface area (TPSA) is 17.1 Å². The van der Waals surface area contributed by atoms with Gasteiger partial charge < -0.3 is 0 Å². The first-order chi connectivity index (χ1) is 8.25. The standard InChI is InChI=1S/C16H12O/c1-9-8-14(17)13-7-5-11-3-2-10-4-6-12(9)16(13)15(10)11/h4-8H,2-3H2,1H3. The van der Waals surface area contributed by atoms with Gasteiger partial charge in [-0.05, 0) is 53.5 Å². The second-order valence-electron chi connectivity index (χ2n) is 4.99. The van der Waals surface area contributed by atoms with Crippen molar-refractivity contribution in [3.8, 4) is 0 Å². The van der Waals surface area contributed by atoms with E-state index in [9.17, 15) is 4.79 Å². The Bertz CT molecular complexity index is 710. The number of rotatable bonds is 0. The molecule has 0 aliphatic heterocycles. The van der Waals surface area contributed by atoms with E-state index in [0.29, 0.717) is 0 Å². The minimum Gasteiger partial charge on any atom is -0.289 e. The molecule has 82 valence electrons. The maximum atomic E-state index is 12.0. The number of hydrogen-bond donors (Lipinski definition) is 0. The molecule has 0 radical (unpaired) electrons. The molecule has 0 unspecified atom stereocenters. The lowest BCUT2D eigenvalue weighted by molar-refractivity contribution is 0.104. The molecule has 2 aromatic carbocycles. The van der Waals surface area contributed by atoms with Crippen molar-refractivity contribution in [2.45, 2.75) is 19.8 Å². The second kappa shape index (κ2) is 2.86. The van der Waals surface area contributed by atoms with Crippen molar-refractivity contribution >= 4 is 22.1 Å². The van der Waals surface area contributed by atoms with Crippen LogP contribution in [0.5, 0.6) is 0 Å². The van der Waals surface area contributed by atoms with Gasteiger partial charge in [-0.3, -0.25) is 4.79 Å². The van der Waals surface area contributed by atoms with Crippen molar-refractivity contribution < 1.29 is 4.79 Å². The Morgan fingerprint density at radius 1 is 0.882 bits per heavy atom. The highest BCUT2D eigenvalue weighted by Gasteiger charge is 2.23. The Hall–Kier alpha value is -1.89. The predicted octanol–water partition coefficient (Wildman–Crippen LogP) is 3.54. The molecule has 0 saturated heterocycles. The number of benzene rings is 2. The summed E-state index contributed by atoms with van der Waals surface area (Å²) in [6, 6.07) is 8.53. The van der Waals surface area contributed by atoms with Gasteiger partial charge in [0.25, 0.3) is 0 Å². The number of ketones is 1. The van der Waals surface area contributed by atoms with Crippen LogP contribution in [0, 0.1) is 0 Å². The molecule has 0 amide bonds. The van der Waals surface area contributed by atoms with Gasteiger partial charge in [0.2, 0.25) is 0 Å². The van der Waals surface area contributed by atoms with Crippen molar-refractivity contribution in [3.05, 3.63) is 52.6 Å². The summed E-state index contributed by atoms with van der Waals surface area (Å²) in [7, 11) is 0. The minimum atomic E-state index is 0.158. The maximum absolute atomic E-state index is 12.0. The van der Waals surface area contributed by atoms with Crippen LogP contribution in [-0.2, 0) is 12.8 Å². The van der Waals surface area contributed by atoms with Crippen LogP contribution in [0.15, 0.2) is 30.3 Å². The number of carbonyl (C=O) groups excluding carboxylic acids is 1. The lowest BCUT2D eigenvalue weighted by atomic mass is 9.86. The van der Waals surface area contributed by atoms with Crippen LogP contribution in [0.1, 0.15) is 34.0 Å². The van der Waals surface area contributed by atoms with Crippen molar-refractivity contribution in [2.24, 2.45) is 0 Å². The quantitative estimate of drug-likeness (QED) is 0.663. The summed E-state index contributed by atoms with van der Waals surface area (Å²) in [5.41, 5.74) is 6.03. The van der Waals surface area contributed by atoms with Gasteiger partial charge >= 0.3 is 0 Å². The van der Waals surface area contributed by atoms with Gasteiger partial charge in [-0.25, -0.2) is 0 Å². The molecule has 0 saturated carbocycles. The molecule has 17 heavy (non-hydrogen) atoms. The number of hydrogen-bond acceptors (Lipinski definition) is 1. The Labute approximate surface area is 99.8 Å². The van der Waals surface area contributed by atoms with Crippen LogP contribution < -0.4 is 0 Å². The van der Waals surface area contributed by atoms with E-state index >= 15 is 0 Å². The summed E-state index contributed by atoms with van der Waals surface area (Å²) >= 11 is 0. The lowest BCUT2D eigenvalue weighted by Crippen LogP contribution is -2.04. The molecule has 2 aromatic rings. The van der Waals surface area contributed by atoms with Gasteiger partial charge in [-0.2, -0.15) is 0 Å². The Kier molecular flexibility index (Phi) is 1.54. The largest absolute Gasteiger partial charge is 0.289 e. The van der Waals surface area contributed by atoms with E-state index in [1.807, 2.05) is 13.0 Å². The fraction of sp³-hybridized carbons (Fsp3) is 0.188. The molecule has 0 spiro atoms. The van der Waals surface area contributed by atoms with Crippen LogP contribution in [0.25, 0.3) is 16.3 Å². The molecule has 0 N–H and O–H groups in total. The molecule has 2 aliphatic rings. The van der Waals surface area contributed by atoms with Gasteiger partial charge in [-0.1, -0.05) is 24.3 Å². The molecule has 1 heteroatoms. The summed E-state index contributed by atoms with van der Waals surface area (Å²) in [5.74, 6) is 0.158. The van der Waals surface area contributed by atoms with E-state index in [0.717, 1.165) is 24.0 Å². The van der Waals surface area contributed by atoms with Gasteiger partial charge in [0.05, 0.1) is 0 Å². The van der Waals surface area contributed by atoms with Crippen LogP contribution in [0.3, 0.4) is 0 Å². The highest BCUT2D eigenvalue weighted by Crippen LogP contribution is 2.39. The third-order valence-corrected chi connectivity index (χ3v) is 4.03. The second-order valence-corrected chi connectivity index (χ2v) is 4.99. The highest BCUT2D eigenvalue weighted by molar-refractivity contribution is 6.22. The zero-order valence-electron chi connectivity index (χ0n) is 9.71. The molecular weight excluding hydrogens is 208 g/mol. The average molecular weight is 220 g/mol. The van der Waals surface area contributed by atoms with Gasteiger partial charge in [-0.15, -0.1) is 0 Å². The van der Waals surface area contributed by atoms with Crippen molar-refractivity contribution in [1.82, 2.24) is 0 Å². The highest BCUT2D eigenvalue weighted by atomic mass is 16.1. The summed E-state index contributed by atoms with van der Waals surface area (Å²) in [6.07, 6.45) is 3.99. The molecule has 0 fully saturated rings. The third kappa shape index (κ3) is 1.02. The van der Waals surface area contributed by atoms with Crippen LogP contribution in [0.4, 0.5) is 0 Å². The first-order valence-electron chi connectivity index (χ1n) is 6.06. The summed E-state index contributed by atoms with van der Waals surface area (Å²) in [6.45, 7) is 2.03. The fourth-order valence-corrected chi connectivity index (χ4v) is 3.22. The van der Waals surface area contributed by atoms with E-state index in [2.05, 4.69) is 18.2 Å². The molecule has 0 atom stereocenters. The number of carbonyl (C=O) groups is 1. The van der Waals surface area contributed by atoms with Crippen LogP contribution >= 0.6 is 0 Å². The molecular formula is C16H12O. The van der Waals surface area contributed by atoms with Gasteiger partial charge in [0.1, 0.15) is 0 Å². The zero-order chi connectivity index (χ0) is 11.6. The Morgan fingerprint density at radius 2 is 1.53 bits per heavy atom. The molecule has 1 nitrogen and oxygen atoms in total. The number of allylic oxidation sites excluding steroid dienone is 2. The molecule has 0 aromatic heterocycles. The Morgan fingerprint density at radius 3 is 2.24 bits per heavy atom. The molecule has 0 bridgehead atoms. The van der Waals surface area contributed by atoms with E-state index in [1.165, 1.54) is 27.5 Å². The first kappa shape index (κ1) is 9.17. The molecule has 2 aliphatic carbocycles. The molecule has 4 rings (SSSR count). The van der Waals surface area contributed by atoms with E-state index in [-0.39, 0.29) is 5.78 Å². The SMILES string of the molecule is CC1=CC(=O)c2ccc3c4c(ccc1c24)CC3. The third-order valence-electron chi connectivity index (χ3n) is 4.03. The summed E-state index contributed by atoms with van der Waals surface area (Å²) in [4.78, 5) is 12.0. The minimum absolute atomic E-state index is 0.158. The average Bonchev–Trinajstić information content (AvgIpc) is 2.74. The normalized spacial score (nSPS) is 16.5.